The number of rotatable bonds is 4. The first-order valence-corrected chi connectivity index (χ1v) is 11.4. The van der Waals surface area contributed by atoms with Crippen molar-refractivity contribution in [2.75, 3.05) is 18.9 Å². The second-order valence-electron chi connectivity index (χ2n) is 9.29. The maximum absolute atomic E-state index is 13.4. The highest BCUT2D eigenvalue weighted by molar-refractivity contribution is 6.03. The van der Waals surface area contributed by atoms with Crippen LogP contribution in [0.4, 0.5) is 5.69 Å². The van der Waals surface area contributed by atoms with Gasteiger partial charge in [-0.1, -0.05) is 18.2 Å². The van der Waals surface area contributed by atoms with Crippen molar-refractivity contribution < 1.29 is 34.7 Å². The smallest absolute Gasteiger partial charge is 0.257 e. The Bertz CT molecular complexity index is 1040. The van der Waals surface area contributed by atoms with Gasteiger partial charge in [0.25, 0.3) is 5.91 Å². The number of nitrogens with one attached hydrogen (secondary N) is 2. The zero-order valence-electron chi connectivity index (χ0n) is 19.9. The van der Waals surface area contributed by atoms with E-state index in [0.29, 0.717) is 6.54 Å². The van der Waals surface area contributed by atoms with Gasteiger partial charge in [-0.3, -0.25) is 4.79 Å². The lowest BCUT2D eigenvalue weighted by Crippen LogP contribution is -2.69. The first-order valence-electron chi connectivity index (χ1n) is 11.4. The van der Waals surface area contributed by atoms with Gasteiger partial charge in [-0.2, -0.15) is 0 Å². The minimum Gasteiger partial charge on any atom is -0.505 e. The maximum atomic E-state index is 13.4. The number of nitrogens with zero attached hydrogens (tertiary/aromatic N) is 1. The molecule has 0 aliphatic carbocycles. The molecule has 6 N–H and O–H groups in total. The summed E-state index contributed by atoms with van der Waals surface area (Å²) in [5.74, 6) is -0.521. The molecule has 1 saturated heterocycles. The van der Waals surface area contributed by atoms with Gasteiger partial charge in [0, 0.05) is 12.1 Å². The molecular formula is C24H33N3O7. The Morgan fingerprint density at radius 2 is 2.09 bits per heavy atom. The van der Waals surface area contributed by atoms with Crippen molar-refractivity contribution in [2.45, 2.75) is 70.1 Å². The molecule has 10 heteroatoms. The number of hydrogen-bond donors (Lipinski definition) is 6. The lowest BCUT2D eigenvalue weighted by atomic mass is 9.84. The van der Waals surface area contributed by atoms with Crippen LogP contribution in [0.3, 0.4) is 0 Å². The molecule has 10 nitrogen and oxygen atoms in total. The minimum atomic E-state index is -1.56. The molecule has 34 heavy (non-hydrogen) atoms. The van der Waals surface area contributed by atoms with E-state index in [1.165, 1.54) is 17.9 Å². The summed E-state index contributed by atoms with van der Waals surface area (Å²) in [4.78, 5) is 15.0. The number of allylic oxidation sites excluding steroid dienone is 1. The molecule has 3 aliphatic rings. The van der Waals surface area contributed by atoms with Crippen molar-refractivity contribution >= 4 is 11.6 Å². The number of anilines is 1. The molecule has 1 aromatic carbocycles. The van der Waals surface area contributed by atoms with Gasteiger partial charge in [0.2, 0.25) is 6.29 Å². The SMILES string of the molecule is C/C=C/C1=CC2C(O)Nc3c(cc(O[C@@H]4O[C@H](C)[C@@H](NC)[C@@](C)(O)[C@@H]4O)c(C)c3O)C(=O)N2C1. The molecule has 0 aromatic heterocycles. The highest BCUT2D eigenvalue weighted by atomic mass is 16.7. The number of phenolic OH excluding ortho intramolecular Hbond substituents is 1. The summed E-state index contributed by atoms with van der Waals surface area (Å²) < 4.78 is 11.7. The van der Waals surface area contributed by atoms with Gasteiger partial charge in [-0.15, -0.1) is 0 Å². The number of carbonyl (C=O) groups excluding carboxylic acids is 1. The highest BCUT2D eigenvalue weighted by Gasteiger charge is 2.52. The number of fused-ring (bicyclic) bond motifs is 2. The van der Waals surface area contributed by atoms with Crippen molar-refractivity contribution in [2.24, 2.45) is 0 Å². The Hall–Kier alpha value is -2.63. The highest BCUT2D eigenvalue weighted by Crippen LogP contribution is 2.43. The Labute approximate surface area is 198 Å². The monoisotopic (exact) mass is 475 g/mol. The van der Waals surface area contributed by atoms with Gasteiger partial charge in [0.15, 0.2) is 0 Å². The van der Waals surface area contributed by atoms with Gasteiger partial charge in [-0.25, -0.2) is 0 Å². The molecule has 186 valence electrons. The van der Waals surface area contributed by atoms with E-state index in [9.17, 15) is 25.2 Å². The molecule has 0 spiro atoms. The van der Waals surface area contributed by atoms with Gasteiger partial charge in [0.05, 0.1) is 29.4 Å². The van der Waals surface area contributed by atoms with Crippen LogP contribution in [0.2, 0.25) is 0 Å². The number of benzene rings is 1. The van der Waals surface area contributed by atoms with Crippen LogP contribution in [0.1, 0.15) is 36.7 Å². The van der Waals surface area contributed by atoms with E-state index in [1.807, 2.05) is 25.2 Å². The molecule has 7 atom stereocenters. The predicted octanol–water partition coefficient (Wildman–Crippen LogP) is 0.595. The molecule has 2 unspecified atom stereocenters. The summed E-state index contributed by atoms with van der Waals surface area (Å²) >= 11 is 0. The van der Waals surface area contributed by atoms with Crippen LogP contribution in [-0.4, -0.2) is 87.2 Å². The predicted molar refractivity (Wildman–Crippen MR) is 125 cm³/mol. The molecule has 0 bridgehead atoms. The third-order valence-corrected chi connectivity index (χ3v) is 6.95. The van der Waals surface area contributed by atoms with Crippen LogP contribution < -0.4 is 15.4 Å². The van der Waals surface area contributed by atoms with Gasteiger partial charge < -0.3 is 45.4 Å². The summed E-state index contributed by atoms with van der Waals surface area (Å²) in [5, 5.41) is 49.1. The first-order chi connectivity index (χ1) is 16.0. The second kappa shape index (κ2) is 8.86. The normalized spacial score (nSPS) is 35.5. The third kappa shape index (κ3) is 3.85. The summed E-state index contributed by atoms with van der Waals surface area (Å²) in [5.41, 5.74) is -0.145. The summed E-state index contributed by atoms with van der Waals surface area (Å²) in [7, 11) is 1.66. The van der Waals surface area contributed by atoms with E-state index in [1.54, 1.807) is 20.9 Å². The average Bonchev–Trinajstić information content (AvgIpc) is 3.17. The first kappa shape index (κ1) is 24.5. The number of likely N-dealkylation sites (N-methyl/N-ethyl adjacent to an activating group) is 1. The lowest BCUT2D eigenvalue weighted by molar-refractivity contribution is -0.272. The molecule has 0 saturated carbocycles. The summed E-state index contributed by atoms with van der Waals surface area (Å²) in [6.45, 7) is 7.02. The summed E-state index contributed by atoms with van der Waals surface area (Å²) in [6.07, 6.45) is 1.29. The Morgan fingerprint density at radius 3 is 2.74 bits per heavy atom. The zero-order valence-corrected chi connectivity index (χ0v) is 19.9. The van der Waals surface area contributed by atoms with E-state index in [2.05, 4.69) is 10.6 Å². The van der Waals surface area contributed by atoms with Gasteiger partial charge >= 0.3 is 0 Å². The number of hydrogen-bond acceptors (Lipinski definition) is 9. The van der Waals surface area contributed by atoms with Gasteiger partial charge in [0.1, 0.15) is 29.4 Å². The van der Waals surface area contributed by atoms with Crippen LogP contribution in [0.25, 0.3) is 0 Å². The van der Waals surface area contributed by atoms with E-state index in [0.717, 1.165) is 5.57 Å². The zero-order chi connectivity index (χ0) is 24.9. The van der Waals surface area contributed by atoms with E-state index >= 15 is 0 Å². The number of aliphatic hydroxyl groups excluding tert-OH is 2. The van der Waals surface area contributed by atoms with Crippen molar-refractivity contribution in [1.82, 2.24) is 10.2 Å². The fraction of sp³-hybridized carbons (Fsp3) is 0.542. The molecular weight excluding hydrogens is 442 g/mol. The number of aromatic hydroxyl groups is 1. The fourth-order valence-corrected chi connectivity index (χ4v) is 5.07. The number of ether oxygens (including phenoxy) is 2. The standard InChI is InChI=1S/C24H33N3O7/c1-6-7-13-8-15-21(30)26-17-14(22(31)27(15)10-13)9-16(11(2)18(17)28)34-23-20(29)24(4,32)19(25-5)12(3)33-23/h6-9,12,15,19-21,23,25-26,28-30,32H,10H2,1-5H3/b7-6+/t12-,15?,19-,20-,21?,23+,24-/m1/s1. The number of amides is 1. The molecule has 1 fully saturated rings. The van der Waals surface area contributed by atoms with Crippen LogP contribution >= 0.6 is 0 Å². The van der Waals surface area contributed by atoms with Crippen LogP contribution in [0.15, 0.2) is 29.9 Å². The van der Waals surface area contributed by atoms with E-state index < -0.39 is 42.4 Å². The van der Waals surface area contributed by atoms with Crippen molar-refractivity contribution in [3.05, 3.63) is 41.0 Å². The van der Waals surface area contributed by atoms with Crippen molar-refractivity contribution in [3.63, 3.8) is 0 Å². The van der Waals surface area contributed by atoms with Crippen LogP contribution in [0, 0.1) is 6.92 Å². The number of phenols is 1. The Balaban J connectivity index is 1.68. The molecule has 4 rings (SSSR count). The Kier molecular flexibility index (Phi) is 6.38. The van der Waals surface area contributed by atoms with Crippen LogP contribution in [-0.2, 0) is 4.74 Å². The quantitative estimate of drug-likeness (QED) is 0.345. The second-order valence-corrected chi connectivity index (χ2v) is 9.29. The molecule has 1 aromatic rings. The maximum Gasteiger partial charge on any atom is 0.257 e. The van der Waals surface area contributed by atoms with Crippen molar-refractivity contribution in [3.8, 4) is 11.5 Å². The number of aliphatic hydroxyl groups is 3. The fourth-order valence-electron chi connectivity index (χ4n) is 5.07. The largest absolute Gasteiger partial charge is 0.505 e. The lowest BCUT2D eigenvalue weighted by Gasteiger charge is -2.47. The van der Waals surface area contributed by atoms with E-state index in [-0.39, 0.29) is 34.2 Å². The van der Waals surface area contributed by atoms with Gasteiger partial charge in [-0.05, 0) is 46.4 Å². The molecule has 3 heterocycles. The minimum absolute atomic E-state index is 0.110. The molecule has 1 amide bonds. The molecule has 0 radical (unpaired) electrons. The number of carbonyl (C=O) groups is 1. The van der Waals surface area contributed by atoms with Crippen LogP contribution in [0.5, 0.6) is 11.5 Å². The average molecular weight is 476 g/mol. The summed E-state index contributed by atoms with van der Waals surface area (Å²) in [6, 6.07) is 0.317. The van der Waals surface area contributed by atoms with E-state index in [4.69, 9.17) is 9.47 Å². The topological polar surface area (TPSA) is 144 Å². The third-order valence-electron chi connectivity index (χ3n) is 6.95. The Morgan fingerprint density at radius 1 is 1.38 bits per heavy atom. The molecule has 3 aliphatic heterocycles. The van der Waals surface area contributed by atoms with Crippen molar-refractivity contribution in [1.29, 1.82) is 0 Å².